The SMILES string of the molecule is CC(C)c1ccc(SCC(=O)N[C@H](C)Cc2ccco2)cc1. The normalized spacial score (nSPS) is 12.4. The fourth-order valence-corrected chi connectivity index (χ4v) is 2.91. The molecule has 0 aliphatic carbocycles. The Morgan fingerprint density at radius 1 is 1.18 bits per heavy atom. The molecule has 0 saturated heterocycles. The molecule has 0 bridgehead atoms. The van der Waals surface area contributed by atoms with Crippen LogP contribution in [0.3, 0.4) is 0 Å². The molecule has 0 fully saturated rings. The van der Waals surface area contributed by atoms with Gasteiger partial charge in [0.05, 0.1) is 12.0 Å². The minimum absolute atomic E-state index is 0.0528. The molecule has 1 N–H and O–H groups in total. The van der Waals surface area contributed by atoms with Gasteiger partial charge in [0.1, 0.15) is 5.76 Å². The monoisotopic (exact) mass is 317 g/mol. The quantitative estimate of drug-likeness (QED) is 0.777. The van der Waals surface area contributed by atoms with Crippen LogP contribution in [0.4, 0.5) is 0 Å². The summed E-state index contributed by atoms with van der Waals surface area (Å²) >= 11 is 1.56. The number of furan rings is 1. The Morgan fingerprint density at radius 3 is 2.50 bits per heavy atom. The summed E-state index contributed by atoms with van der Waals surface area (Å²) in [4.78, 5) is 13.1. The maximum absolute atomic E-state index is 12.0. The second kappa shape index (κ2) is 8.08. The van der Waals surface area contributed by atoms with Crippen LogP contribution in [0, 0.1) is 0 Å². The van der Waals surface area contributed by atoms with Gasteiger partial charge in [-0.05, 0) is 42.7 Å². The van der Waals surface area contributed by atoms with Gasteiger partial charge in [-0.1, -0.05) is 26.0 Å². The maximum Gasteiger partial charge on any atom is 0.230 e. The van der Waals surface area contributed by atoms with Crippen LogP contribution in [-0.4, -0.2) is 17.7 Å². The predicted octanol–water partition coefficient (Wildman–Crippen LogP) is 4.24. The van der Waals surface area contributed by atoms with Crippen molar-refractivity contribution in [2.45, 2.75) is 44.0 Å². The Labute approximate surface area is 136 Å². The third kappa shape index (κ3) is 5.26. The van der Waals surface area contributed by atoms with Crippen LogP contribution in [-0.2, 0) is 11.2 Å². The number of nitrogens with one attached hydrogen (secondary N) is 1. The average molecular weight is 317 g/mol. The highest BCUT2D eigenvalue weighted by Gasteiger charge is 2.10. The van der Waals surface area contributed by atoms with Gasteiger partial charge in [-0.15, -0.1) is 11.8 Å². The first-order valence-corrected chi connectivity index (χ1v) is 8.57. The van der Waals surface area contributed by atoms with Crippen molar-refractivity contribution in [3.8, 4) is 0 Å². The summed E-state index contributed by atoms with van der Waals surface area (Å²) < 4.78 is 5.29. The van der Waals surface area contributed by atoms with E-state index in [1.54, 1.807) is 18.0 Å². The number of benzene rings is 1. The van der Waals surface area contributed by atoms with Crippen LogP contribution < -0.4 is 5.32 Å². The lowest BCUT2D eigenvalue weighted by atomic mass is 10.0. The van der Waals surface area contributed by atoms with E-state index in [-0.39, 0.29) is 11.9 Å². The van der Waals surface area contributed by atoms with E-state index in [4.69, 9.17) is 4.42 Å². The zero-order chi connectivity index (χ0) is 15.9. The molecular weight excluding hydrogens is 294 g/mol. The van der Waals surface area contributed by atoms with Crippen molar-refractivity contribution in [2.24, 2.45) is 0 Å². The van der Waals surface area contributed by atoms with E-state index in [0.717, 1.165) is 10.7 Å². The number of amides is 1. The van der Waals surface area contributed by atoms with Crippen LogP contribution in [0.25, 0.3) is 0 Å². The van der Waals surface area contributed by atoms with Gasteiger partial charge in [0.15, 0.2) is 0 Å². The Hall–Kier alpha value is -1.68. The van der Waals surface area contributed by atoms with Crippen LogP contribution in [0.2, 0.25) is 0 Å². The van der Waals surface area contributed by atoms with E-state index in [1.165, 1.54) is 5.56 Å². The van der Waals surface area contributed by atoms with Crippen molar-refractivity contribution < 1.29 is 9.21 Å². The summed E-state index contributed by atoms with van der Waals surface area (Å²) in [6, 6.07) is 12.3. The lowest BCUT2D eigenvalue weighted by Crippen LogP contribution is -2.35. The molecule has 118 valence electrons. The fraction of sp³-hybridized carbons (Fsp3) is 0.389. The standard InChI is InChI=1S/C18H23NO2S/c1-13(2)15-6-8-17(9-7-15)22-12-18(20)19-14(3)11-16-5-4-10-21-16/h4-10,13-14H,11-12H2,1-3H3,(H,19,20)/t14-/m1/s1. The average Bonchev–Trinajstić information content (AvgIpc) is 2.98. The van der Waals surface area contributed by atoms with Crippen molar-refractivity contribution in [3.63, 3.8) is 0 Å². The predicted molar refractivity (Wildman–Crippen MR) is 91.3 cm³/mol. The number of hydrogen-bond acceptors (Lipinski definition) is 3. The summed E-state index contributed by atoms with van der Waals surface area (Å²) in [5, 5.41) is 3.00. The first kappa shape index (κ1) is 16.7. The van der Waals surface area contributed by atoms with E-state index in [2.05, 4.69) is 43.4 Å². The molecule has 1 heterocycles. The summed E-state index contributed by atoms with van der Waals surface area (Å²) in [7, 11) is 0. The molecule has 1 aromatic carbocycles. The highest BCUT2D eigenvalue weighted by molar-refractivity contribution is 8.00. The van der Waals surface area contributed by atoms with E-state index in [0.29, 0.717) is 18.1 Å². The van der Waals surface area contributed by atoms with Crippen molar-refractivity contribution in [1.29, 1.82) is 0 Å². The fourth-order valence-electron chi connectivity index (χ4n) is 2.20. The molecule has 4 heteroatoms. The van der Waals surface area contributed by atoms with Gasteiger partial charge in [-0.2, -0.15) is 0 Å². The summed E-state index contributed by atoms with van der Waals surface area (Å²) in [6.45, 7) is 6.34. The second-order valence-electron chi connectivity index (χ2n) is 5.76. The van der Waals surface area contributed by atoms with Crippen molar-refractivity contribution in [2.75, 3.05) is 5.75 Å². The van der Waals surface area contributed by atoms with Gasteiger partial charge in [0.25, 0.3) is 0 Å². The molecule has 22 heavy (non-hydrogen) atoms. The van der Waals surface area contributed by atoms with Crippen LogP contribution in [0.5, 0.6) is 0 Å². The molecule has 2 aromatic rings. The largest absolute Gasteiger partial charge is 0.469 e. The smallest absolute Gasteiger partial charge is 0.230 e. The second-order valence-corrected chi connectivity index (χ2v) is 6.81. The molecule has 0 radical (unpaired) electrons. The van der Waals surface area contributed by atoms with E-state index in [9.17, 15) is 4.79 Å². The number of thioether (sulfide) groups is 1. The van der Waals surface area contributed by atoms with Crippen LogP contribution in [0.15, 0.2) is 52.0 Å². The number of carbonyl (C=O) groups excluding carboxylic acids is 1. The number of rotatable bonds is 7. The van der Waals surface area contributed by atoms with Crippen LogP contribution in [0.1, 0.15) is 38.0 Å². The first-order chi connectivity index (χ1) is 10.5. The Balaban J connectivity index is 1.75. The minimum atomic E-state index is 0.0528. The topological polar surface area (TPSA) is 42.2 Å². The summed E-state index contributed by atoms with van der Waals surface area (Å²) in [5.74, 6) is 1.91. The molecule has 2 rings (SSSR count). The number of carbonyl (C=O) groups is 1. The first-order valence-electron chi connectivity index (χ1n) is 7.59. The van der Waals surface area contributed by atoms with Gasteiger partial charge in [-0.3, -0.25) is 4.79 Å². The molecule has 1 atom stereocenters. The van der Waals surface area contributed by atoms with Gasteiger partial charge < -0.3 is 9.73 Å². The maximum atomic E-state index is 12.0. The van der Waals surface area contributed by atoms with E-state index < -0.39 is 0 Å². The third-order valence-electron chi connectivity index (χ3n) is 3.41. The number of hydrogen-bond donors (Lipinski definition) is 1. The minimum Gasteiger partial charge on any atom is -0.469 e. The van der Waals surface area contributed by atoms with Gasteiger partial charge in [0, 0.05) is 17.4 Å². The lowest BCUT2D eigenvalue weighted by molar-refractivity contribution is -0.119. The molecular formula is C18H23NO2S. The van der Waals surface area contributed by atoms with Crippen LogP contribution >= 0.6 is 11.8 Å². The van der Waals surface area contributed by atoms with Crippen molar-refractivity contribution >= 4 is 17.7 Å². The van der Waals surface area contributed by atoms with Gasteiger partial charge in [-0.25, -0.2) is 0 Å². The molecule has 0 saturated carbocycles. The van der Waals surface area contributed by atoms with E-state index >= 15 is 0 Å². The third-order valence-corrected chi connectivity index (χ3v) is 4.42. The van der Waals surface area contributed by atoms with E-state index in [1.807, 2.05) is 19.1 Å². The zero-order valence-electron chi connectivity index (χ0n) is 13.3. The molecule has 3 nitrogen and oxygen atoms in total. The molecule has 1 aromatic heterocycles. The Bertz CT molecular complexity index is 576. The summed E-state index contributed by atoms with van der Waals surface area (Å²) in [6.07, 6.45) is 2.37. The lowest BCUT2D eigenvalue weighted by Gasteiger charge is -2.12. The van der Waals surface area contributed by atoms with Crippen molar-refractivity contribution in [1.82, 2.24) is 5.32 Å². The van der Waals surface area contributed by atoms with Gasteiger partial charge in [0.2, 0.25) is 5.91 Å². The molecule has 0 aliphatic heterocycles. The Kier molecular flexibility index (Phi) is 6.13. The summed E-state index contributed by atoms with van der Waals surface area (Å²) in [5.41, 5.74) is 1.32. The highest BCUT2D eigenvalue weighted by Crippen LogP contribution is 2.21. The highest BCUT2D eigenvalue weighted by atomic mass is 32.2. The molecule has 0 unspecified atom stereocenters. The molecule has 0 aliphatic rings. The molecule has 1 amide bonds. The zero-order valence-corrected chi connectivity index (χ0v) is 14.2. The van der Waals surface area contributed by atoms with Crippen molar-refractivity contribution in [3.05, 3.63) is 54.0 Å². The molecule has 0 spiro atoms. The van der Waals surface area contributed by atoms with Gasteiger partial charge >= 0.3 is 0 Å². The Morgan fingerprint density at radius 2 is 1.91 bits per heavy atom.